The van der Waals surface area contributed by atoms with Gasteiger partial charge < -0.3 is 9.47 Å². The van der Waals surface area contributed by atoms with Crippen LogP contribution in [0.1, 0.15) is 151 Å². The van der Waals surface area contributed by atoms with Crippen molar-refractivity contribution in [3.8, 4) is 5.75 Å². The third kappa shape index (κ3) is 14.0. The summed E-state index contributed by atoms with van der Waals surface area (Å²) in [6.07, 6.45) is 21.9. The minimum absolute atomic E-state index is 0.280. The van der Waals surface area contributed by atoms with E-state index in [0.717, 1.165) is 30.8 Å². The first kappa shape index (κ1) is 31.9. The van der Waals surface area contributed by atoms with Gasteiger partial charge >= 0.3 is 5.97 Å². The molecule has 0 aliphatic heterocycles. The lowest BCUT2D eigenvalue weighted by atomic mass is 10.0. The zero-order valence-electron chi connectivity index (χ0n) is 24.6. The number of aryl methyl sites for hydroxylation is 1. The predicted octanol–water partition coefficient (Wildman–Crippen LogP) is 10.8. The maximum Gasteiger partial charge on any atom is 0.338 e. The topological polar surface area (TPSA) is 35.5 Å². The molecule has 0 aliphatic carbocycles. The van der Waals surface area contributed by atoms with Crippen molar-refractivity contribution in [1.82, 2.24) is 0 Å². The summed E-state index contributed by atoms with van der Waals surface area (Å²) >= 11 is 0. The molecular formula is C35H54O3. The summed E-state index contributed by atoms with van der Waals surface area (Å²) in [5.41, 5.74) is 2.95. The second-order valence-corrected chi connectivity index (χ2v) is 10.9. The molecule has 0 radical (unpaired) electrons. The van der Waals surface area contributed by atoms with Gasteiger partial charge in [-0.3, -0.25) is 0 Å². The van der Waals surface area contributed by atoms with E-state index in [1.807, 2.05) is 19.1 Å². The van der Waals surface area contributed by atoms with Crippen LogP contribution in [-0.2, 0) is 11.2 Å². The Morgan fingerprint density at radius 3 is 1.68 bits per heavy atom. The van der Waals surface area contributed by atoms with Crippen LogP contribution in [0.2, 0.25) is 0 Å². The summed E-state index contributed by atoms with van der Waals surface area (Å²) in [6.45, 7) is 7.17. The van der Waals surface area contributed by atoms with Crippen molar-refractivity contribution < 1.29 is 14.3 Å². The van der Waals surface area contributed by atoms with Crippen molar-refractivity contribution in [2.24, 2.45) is 0 Å². The van der Waals surface area contributed by atoms with Gasteiger partial charge in [0.05, 0.1) is 12.2 Å². The quantitative estimate of drug-likeness (QED) is 0.114. The van der Waals surface area contributed by atoms with Gasteiger partial charge in [0.25, 0.3) is 0 Å². The van der Waals surface area contributed by atoms with Gasteiger partial charge in [-0.05, 0) is 61.6 Å². The van der Waals surface area contributed by atoms with Crippen molar-refractivity contribution in [2.45, 2.75) is 136 Å². The van der Waals surface area contributed by atoms with E-state index in [2.05, 4.69) is 38.1 Å². The molecule has 0 saturated heterocycles. The summed E-state index contributed by atoms with van der Waals surface area (Å²) < 4.78 is 11.6. The molecule has 0 saturated carbocycles. The molecule has 0 N–H and O–H groups in total. The lowest BCUT2D eigenvalue weighted by Gasteiger charge is -2.14. The van der Waals surface area contributed by atoms with Crippen LogP contribution in [0.4, 0.5) is 0 Å². The van der Waals surface area contributed by atoms with Crippen molar-refractivity contribution in [2.75, 3.05) is 6.61 Å². The lowest BCUT2D eigenvalue weighted by Crippen LogP contribution is -2.09. The highest BCUT2D eigenvalue weighted by atomic mass is 16.5. The maximum atomic E-state index is 12.6. The zero-order chi connectivity index (χ0) is 27.3. The van der Waals surface area contributed by atoms with Crippen LogP contribution >= 0.6 is 0 Å². The molecule has 0 aromatic heterocycles. The minimum atomic E-state index is -0.297. The Morgan fingerprint density at radius 2 is 1.13 bits per heavy atom. The summed E-state index contributed by atoms with van der Waals surface area (Å²) in [5, 5.41) is 0. The van der Waals surface area contributed by atoms with E-state index in [9.17, 15) is 4.79 Å². The molecule has 2 rings (SSSR count). The Hall–Kier alpha value is -2.29. The number of rotatable bonds is 22. The van der Waals surface area contributed by atoms with E-state index in [1.54, 1.807) is 12.1 Å². The standard InChI is InChI=1S/C35H54O3/c1-4-6-8-10-12-13-14-15-16-18-20-31-21-23-32(24-22-31)30(3)38-35(36)33-25-27-34(28-26-33)37-29-19-17-11-9-7-5-2/h21-28,30H,4-20,29H2,1-3H3. The number of carbonyl (C=O) groups excluding carboxylic acids is 1. The molecule has 0 spiro atoms. The fourth-order valence-corrected chi connectivity index (χ4v) is 4.83. The normalized spacial score (nSPS) is 11.9. The van der Waals surface area contributed by atoms with Crippen LogP contribution in [0, 0.1) is 0 Å². The predicted molar refractivity (Wildman–Crippen MR) is 161 cm³/mol. The van der Waals surface area contributed by atoms with Crippen molar-refractivity contribution in [1.29, 1.82) is 0 Å². The van der Waals surface area contributed by atoms with Crippen LogP contribution in [0.15, 0.2) is 48.5 Å². The summed E-state index contributed by atoms with van der Waals surface area (Å²) in [6, 6.07) is 15.9. The van der Waals surface area contributed by atoms with E-state index in [4.69, 9.17) is 9.47 Å². The van der Waals surface area contributed by atoms with E-state index < -0.39 is 0 Å². The third-order valence-electron chi connectivity index (χ3n) is 7.41. The van der Waals surface area contributed by atoms with Gasteiger partial charge in [0.15, 0.2) is 0 Å². The molecule has 3 nitrogen and oxygen atoms in total. The van der Waals surface area contributed by atoms with Gasteiger partial charge in [-0.25, -0.2) is 4.79 Å². The highest BCUT2D eigenvalue weighted by Gasteiger charge is 2.14. The highest BCUT2D eigenvalue weighted by Crippen LogP contribution is 2.21. The molecule has 0 aliphatic rings. The molecule has 0 fully saturated rings. The van der Waals surface area contributed by atoms with Gasteiger partial charge in [-0.1, -0.05) is 128 Å². The fraction of sp³-hybridized carbons (Fsp3) is 0.629. The van der Waals surface area contributed by atoms with Crippen LogP contribution in [-0.4, -0.2) is 12.6 Å². The minimum Gasteiger partial charge on any atom is -0.494 e. The molecule has 38 heavy (non-hydrogen) atoms. The fourth-order valence-electron chi connectivity index (χ4n) is 4.83. The second kappa shape index (κ2) is 20.6. The molecule has 0 bridgehead atoms. The zero-order valence-corrected chi connectivity index (χ0v) is 24.6. The SMILES string of the molecule is CCCCCCCCCCCCc1ccc(C(C)OC(=O)c2ccc(OCCCCCCCC)cc2)cc1. The Balaban J connectivity index is 1.62. The van der Waals surface area contributed by atoms with Crippen LogP contribution < -0.4 is 4.74 Å². The number of esters is 1. The average molecular weight is 523 g/mol. The summed E-state index contributed by atoms with van der Waals surface area (Å²) in [7, 11) is 0. The van der Waals surface area contributed by atoms with Crippen LogP contribution in [0.25, 0.3) is 0 Å². The van der Waals surface area contributed by atoms with Gasteiger partial charge in [-0.2, -0.15) is 0 Å². The molecule has 0 amide bonds. The largest absolute Gasteiger partial charge is 0.494 e. The highest BCUT2D eigenvalue weighted by molar-refractivity contribution is 5.89. The maximum absolute atomic E-state index is 12.6. The van der Waals surface area contributed by atoms with Gasteiger partial charge in [0, 0.05) is 0 Å². The molecule has 1 unspecified atom stereocenters. The van der Waals surface area contributed by atoms with E-state index >= 15 is 0 Å². The Morgan fingerprint density at radius 1 is 0.632 bits per heavy atom. The smallest absolute Gasteiger partial charge is 0.338 e. The molecule has 2 aromatic rings. The first-order chi connectivity index (χ1) is 18.6. The lowest BCUT2D eigenvalue weighted by molar-refractivity contribution is 0.0338. The number of ether oxygens (including phenoxy) is 2. The Labute approximate surface area is 233 Å². The third-order valence-corrected chi connectivity index (χ3v) is 7.41. The van der Waals surface area contributed by atoms with Gasteiger partial charge in [-0.15, -0.1) is 0 Å². The number of hydrogen-bond donors (Lipinski definition) is 0. The molecule has 212 valence electrons. The number of unbranched alkanes of at least 4 members (excludes halogenated alkanes) is 14. The van der Waals surface area contributed by atoms with Crippen molar-refractivity contribution in [3.63, 3.8) is 0 Å². The monoisotopic (exact) mass is 522 g/mol. The first-order valence-electron chi connectivity index (χ1n) is 15.7. The van der Waals surface area contributed by atoms with Gasteiger partial charge in [0.1, 0.15) is 11.9 Å². The van der Waals surface area contributed by atoms with E-state index in [0.29, 0.717) is 5.56 Å². The Bertz CT molecular complexity index is 840. The molecule has 2 aromatic carbocycles. The average Bonchev–Trinajstić information content (AvgIpc) is 2.94. The van der Waals surface area contributed by atoms with Crippen molar-refractivity contribution >= 4 is 5.97 Å². The number of carbonyl (C=O) groups is 1. The molecule has 1 atom stereocenters. The first-order valence-corrected chi connectivity index (χ1v) is 15.7. The van der Waals surface area contributed by atoms with Crippen LogP contribution in [0.5, 0.6) is 5.75 Å². The molecular weight excluding hydrogens is 468 g/mol. The molecule has 0 heterocycles. The van der Waals surface area contributed by atoms with Gasteiger partial charge in [0.2, 0.25) is 0 Å². The van der Waals surface area contributed by atoms with E-state index in [-0.39, 0.29) is 12.1 Å². The molecule has 3 heteroatoms. The van der Waals surface area contributed by atoms with Crippen LogP contribution in [0.3, 0.4) is 0 Å². The van der Waals surface area contributed by atoms with E-state index in [1.165, 1.54) is 102 Å². The number of benzene rings is 2. The second-order valence-electron chi connectivity index (χ2n) is 10.9. The summed E-state index contributed by atoms with van der Waals surface area (Å²) in [5.74, 6) is 0.510. The number of hydrogen-bond acceptors (Lipinski definition) is 3. The summed E-state index contributed by atoms with van der Waals surface area (Å²) in [4.78, 5) is 12.6. The van der Waals surface area contributed by atoms with Crippen molar-refractivity contribution in [3.05, 3.63) is 65.2 Å². The Kier molecular flexibility index (Phi) is 17.3.